The summed E-state index contributed by atoms with van der Waals surface area (Å²) in [7, 11) is 0. The molecule has 1 aromatic rings. The zero-order valence-corrected chi connectivity index (χ0v) is 22.4. The standard InChI is InChI=1S/C28H40FN3O6/c1-17(34)30-20-10-12-32(15-20)25(36)14-21-22(35)7-8-23-27(21,2)11-9-24(28(23,3)16-33)38-26(37)31-19-6-4-5-18(29)13-19/h4-6,13,20-24,33,35H,7-12,14-16H2,1-3H3,(H,30,34)(H,31,37)/t20-,21+,22+,23?,24+,27-,28-/m0/s1. The van der Waals surface area contributed by atoms with Crippen molar-refractivity contribution >= 4 is 23.6 Å². The number of nitrogens with zero attached hydrogens (tertiary/aromatic N) is 1. The lowest BCUT2D eigenvalue weighted by Crippen LogP contribution is -2.61. The third kappa shape index (κ3) is 5.66. The van der Waals surface area contributed by atoms with Crippen LogP contribution < -0.4 is 10.6 Å². The van der Waals surface area contributed by atoms with Crippen LogP contribution in [0, 0.1) is 28.5 Å². The second-order valence-corrected chi connectivity index (χ2v) is 11.8. The molecule has 7 atom stereocenters. The molecule has 0 spiro atoms. The number of amides is 3. The summed E-state index contributed by atoms with van der Waals surface area (Å²) < 4.78 is 19.3. The molecule has 38 heavy (non-hydrogen) atoms. The molecular weight excluding hydrogens is 493 g/mol. The minimum Gasteiger partial charge on any atom is -0.445 e. The zero-order chi connectivity index (χ0) is 27.7. The number of nitrogens with one attached hydrogen (secondary N) is 2. The maximum atomic E-state index is 13.5. The number of ether oxygens (including phenoxy) is 1. The molecule has 0 radical (unpaired) electrons. The molecule has 0 aromatic heterocycles. The summed E-state index contributed by atoms with van der Waals surface area (Å²) in [5, 5.41) is 27.1. The summed E-state index contributed by atoms with van der Waals surface area (Å²) >= 11 is 0. The van der Waals surface area contributed by atoms with Crippen molar-refractivity contribution < 1.29 is 33.7 Å². The Morgan fingerprint density at radius 3 is 2.63 bits per heavy atom. The first-order valence-electron chi connectivity index (χ1n) is 13.5. The highest BCUT2D eigenvalue weighted by molar-refractivity contribution is 5.84. The van der Waals surface area contributed by atoms with Crippen LogP contribution in [0.1, 0.15) is 59.3 Å². The molecule has 3 fully saturated rings. The van der Waals surface area contributed by atoms with Gasteiger partial charge in [-0.05, 0) is 67.6 Å². The van der Waals surface area contributed by atoms with Gasteiger partial charge < -0.3 is 25.2 Å². The van der Waals surface area contributed by atoms with Gasteiger partial charge in [-0.2, -0.15) is 0 Å². The maximum Gasteiger partial charge on any atom is 0.411 e. The number of halogens is 1. The van der Waals surface area contributed by atoms with Gasteiger partial charge in [-0.3, -0.25) is 14.9 Å². The number of likely N-dealkylation sites (tertiary alicyclic amines) is 1. The smallest absolute Gasteiger partial charge is 0.411 e. The molecule has 1 saturated heterocycles. The SMILES string of the molecule is CC(=O)N[C@H]1CCN(C(=O)C[C@@H]2[C@H](O)CCC3[C@](C)(CO)[C@H](OC(=O)Nc4cccc(F)c4)CC[C@]32C)C1. The molecule has 210 valence electrons. The van der Waals surface area contributed by atoms with Crippen LogP contribution in [-0.4, -0.2) is 71.0 Å². The third-order valence-corrected chi connectivity index (χ3v) is 9.34. The van der Waals surface area contributed by atoms with Crippen LogP contribution in [0.15, 0.2) is 24.3 Å². The molecule has 3 aliphatic rings. The molecule has 0 bridgehead atoms. The zero-order valence-electron chi connectivity index (χ0n) is 22.4. The van der Waals surface area contributed by atoms with Crippen LogP contribution in [0.4, 0.5) is 14.9 Å². The maximum absolute atomic E-state index is 13.5. The first kappa shape index (κ1) is 28.3. The summed E-state index contributed by atoms with van der Waals surface area (Å²) in [6, 6.07) is 5.49. The summed E-state index contributed by atoms with van der Waals surface area (Å²) in [6.45, 7) is 6.27. The molecule has 9 nitrogen and oxygen atoms in total. The largest absolute Gasteiger partial charge is 0.445 e. The summed E-state index contributed by atoms with van der Waals surface area (Å²) in [4.78, 5) is 39.1. The van der Waals surface area contributed by atoms with Crippen LogP contribution in [0.3, 0.4) is 0 Å². The number of rotatable bonds is 6. The number of aliphatic hydroxyl groups is 2. The van der Waals surface area contributed by atoms with Crippen molar-refractivity contribution in [3.8, 4) is 0 Å². The van der Waals surface area contributed by atoms with Gasteiger partial charge in [0.25, 0.3) is 0 Å². The van der Waals surface area contributed by atoms with Gasteiger partial charge in [0.05, 0.1) is 12.7 Å². The van der Waals surface area contributed by atoms with E-state index in [2.05, 4.69) is 17.6 Å². The molecule has 1 aliphatic heterocycles. The van der Waals surface area contributed by atoms with Gasteiger partial charge >= 0.3 is 6.09 Å². The quantitative estimate of drug-likeness (QED) is 0.445. The number of benzene rings is 1. The highest BCUT2D eigenvalue weighted by Crippen LogP contribution is 2.61. The Morgan fingerprint density at radius 2 is 1.95 bits per heavy atom. The number of carbonyl (C=O) groups is 3. The van der Waals surface area contributed by atoms with E-state index in [1.807, 2.05) is 6.92 Å². The fourth-order valence-electron chi connectivity index (χ4n) is 7.33. The average Bonchev–Trinajstić information content (AvgIpc) is 3.31. The highest BCUT2D eigenvalue weighted by Gasteiger charge is 2.60. The number of carbonyl (C=O) groups excluding carboxylic acids is 3. The van der Waals surface area contributed by atoms with Crippen LogP contribution >= 0.6 is 0 Å². The van der Waals surface area contributed by atoms with E-state index in [-0.39, 0.29) is 48.4 Å². The van der Waals surface area contributed by atoms with Crippen molar-refractivity contribution in [2.24, 2.45) is 22.7 Å². The molecule has 3 amide bonds. The Balaban J connectivity index is 1.46. The highest BCUT2D eigenvalue weighted by atomic mass is 19.1. The Hall–Kier alpha value is -2.72. The average molecular weight is 534 g/mol. The lowest BCUT2D eigenvalue weighted by Gasteiger charge is -2.60. The molecule has 2 aliphatic carbocycles. The van der Waals surface area contributed by atoms with E-state index in [0.717, 1.165) is 0 Å². The summed E-state index contributed by atoms with van der Waals surface area (Å²) in [5.74, 6) is -1.02. The van der Waals surface area contributed by atoms with Crippen molar-refractivity contribution in [2.75, 3.05) is 25.0 Å². The van der Waals surface area contributed by atoms with Gasteiger partial charge in [-0.15, -0.1) is 0 Å². The Morgan fingerprint density at radius 1 is 1.18 bits per heavy atom. The number of fused-ring (bicyclic) bond motifs is 1. The predicted octanol–water partition coefficient (Wildman–Crippen LogP) is 3.06. The van der Waals surface area contributed by atoms with Crippen molar-refractivity contribution in [3.05, 3.63) is 30.1 Å². The number of anilines is 1. The van der Waals surface area contributed by atoms with E-state index in [9.17, 15) is 29.0 Å². The van der Waals surface area contributed by atoms with Crippen molar-refractivity contribution in [2.45, 2.75) is 77.5 Å². The van der Waals surface area contributed by atoms with E-state index in [0.29, 0.717) is 45.2 Å². The van der Waals surface area contributed by atoms with E-state index >= 15 is 0 Å². The second kappa shape index (κ2) is 11.2. The molecule has 1 unspecified atom stereocenters. The van der Waals surface area contributed by atoms with Crippen molar-refractivity contribution in [1.82, 2.24) is 10.2 Å². The van der Waals surface area contributed by atoms with Gasteiger partial charge in [-0.1, -0.05) is 19.9 Å². The van der Waals surface area contributed by atoms with Gasteiger partial charge in [0, 0.05) is 43.6 Å². The molecule has 1 aromatic carbocycles. The van der Waals surface area contributed by atoms with Gasteiger partial charge in [0.1, 0.15) is 11.9 Å². The van der Waals surface area contributed by atoms with Crippen LogP contribution in [0.25, 0.3) is 0 Å². The minimum absolute atomic E-state index is 0.0395. The number of hydrogen-bond acceptors (Lipinski definition) is 6. The normalized spacial score (nSPS) is 34.8. The fraction of sp³-hybridized carbons (Fsp3) is 0.679. The summed E-state index contributed by atoms with van der Waals surface area (Å²) in [6.07, 6.45) is 1.17. The van der Waals surface area contributed by atoms with E-state index < -0.39 is 34.9 Å². The van der Waals surface area contributed by atoms with Crippen molar-refractivity contribution in [1.29, 1.82) is 0 Å². The third-order valence-electron chi connectivity index (χ3n) is 9.34. The monoisotopic (exact) mass is 533 g/mol. The molecular formula is C28H40FN3O6. The Kier molecular flexibility index (Phi) is 8.32. The van der Waals surface area contributed by atoms with Gasteiger partial charge in [0.2, 0.25) is 11.8 Å². The topological polar surface area (TPSA) is 128 Å². The van der Waals surface area contributed by atoms with Gasteiger partial charge in [-0.25, -0.2) is 9.18 Å². The van der Waals surface area contributed by atoms with Crippen LogP contribution in [-0.2, 0) is 14.3 Å². The molecule has 10 heteroatoms. The molecule has 4 N–H and O–H groups in total. The van der Waals surface area contributed by atoms with E-state index in [1.165, 1.54) is 25.1 Å². The first-order valence-corrected chi connectivity index (χ1v) is 13.5. The lowest BCUT2D eigenvalue weighted by atomic mass is 9.46. The predicted molar refractivity (Wildman–Crippen MR) is 138 cm³/mol. The minimum atomic E-state index is -0.780. The lowest BCUT2D eigenvalue weighted by molar-refractivity contribution is -0.186. The molecule has 1 heterocycles. The molecule has 2 saturated carbocycles. The Labute approximate surface area is 223 Å². The second-order valence-electron chi connectivity index (χ2n) is 11.8. The number of aliphatic hydroxyl groups excluding tert-OH is 2. The fourth-order valence-corrected chi connectivity index (χ4v) is 7.33. The Bertz CT molecular complexity index is 1060. The van der Waals surface area contributed by atoms with Gasteiger partial charge in [0.15, 0.2) is 0 Å². The van der Waals surface area contributed by atoms with E-state index in [1.54, 1.807) is 11.0 Å². The van der Waals surface area contributed by atoms with Crippen LogP contribution in [0.2, 0.25) is 0 Å². The van der Waals surface area contributed by atoms with Crippen molar-refractivity contribution in [3.63, 3.8) is 0 Å². The number of hydrogen-bond donors (Lipinski definition) is 4. The molecule has 4 rings (SSSR count). The first-order chi connectivity index (χ1) is 18.0. The summed E-state index contributed by atoms with van der Waals surface area (Å²) in [5.41, 5.74) is -0.943. The van der Waals surface area contributed by atoms with E-state index in [4.69, 9.17) is 4.74 Å². The van der Waals surface area contributed by atoms with Crippen LogP contribution in [0.5, 0.6) is 0 Å².